The summed E-state index contributed by atoms with van der Waals surface area (Å²) < 4.78 is 19.6. The van der Waals surface area contributed by atoms with Crippen molar-refractivity contribution in [3.05, 3.63) is 53.5 Å². The van der Waals surface area contributed by atoms with Crippen LogP contribution in [0.1, 0.15) is 11.1 Å². The topological polar surface area (TPSA) is 34.2 Å². The van der Waals surface area contributed by atoms with E-state index in [-0.39, 0.29) is 5.88 Å². The number of rotatable bonds is 4. The maximum Gasteiger partial charge on any atom is 0.256 e. The Morgan fingerprint density at radius 1 is 1.28 bits per heavy atom. The number of aromatic nitrogens is 1. The van der Waals surface area contributed by atoms with E-state index in [9.17, 15) is 4.39 Å². The van der Waals surface area contributed by atoms with E-state index in [0.717, 1.165) is 5.56 Å². The number of hydrogen-bond acceptors (Lipinski definition) is 3. The van der Waals surface area contributed by atoms with Gasteiger partial charge in [-0.2, -0.15) is 0 Å². The van der Waals surface area contributed by atoms with Gasteiger partial charge in [-0.3, -0.25) is 0 Å². The Hall–Kier alpha value is -1.94. The zero-order valence-electron chi connectivity index (χ0n) is 10.4. The minimum atomic E-state index is -0.421. The Balaban J connectivity index is 2.30. The van der Waals surface area contributed by atoms with E-state index >= 15 is 0 Å². The molecule has 0 unspecified atom stereocenters. The second-order valence-electron chi connectivity index (χ2n) is 3.99. The fourth-order valence-corrected chi connectivity index (χ4v) is 1.64. The third kappa shape index (κ3) is 2.65. The van der Waals surface area contributed by atoms with Gasteiger partial charge >= 0.3 is 0 Å². The molecule has 0 bridgehead atoms. The van der Waals surface area contributed by atoms with Gasteiger partial charge in [-0.05, 0) is 31.7 Å². The third-order valence-corrected chi connectivity index (χ3v) is 2.60. The van der Waals surface area contributed by atoms with E-state index in [4.69, 9.17) is 4.74 Å². The Kier molecular flexibility index (Phi) is 3.89. The van der Waals surface area contributed by atoms with Crippen LogP contribution in [0.25, 0.3) is 0 Å². The van der Waals surface area contributed by atoms with Gasteiger partial charge in [0.1, 0.15) is 5.75 Å². The molecule has 94 valence electrons. The van der Waals surface area contributed by atoms with Crippen LogP contribution in [-0.4, -0.2) is 12.0 Å². The average molecular weight is 246 g/mol. The van der Waals surface area contributed by atoms with Gasteiger partial charge in [0, 0.05) is 18.3 Å². The molecule has 0 fully saturated rings. The minimum absolute atomic E-state index is 0.0112. The number of ether oxygens (including phenoxy) is 1. The number of hydrogen-bond donors (Lipinski definition) is 1. The molecule has 0 saturated carbocycles. The number of halogens is 1. The quantitative estimate of drug-likeness (QED) is 0.900. The van der Waals surface area contributed by atoms with Crippen molar-refractivity contribution in [2.75, 3.05) is 7.05 Å². The lowest BCUT2D eigenvalue weighted by atomic mass is 10.2. The van der Waals surface area contributed by atoms with Crippen LogP contribution in [0.3, 0.4) is 0 Å². The maximum atomic E-state index is 14.0. The molecule has 1 N–H and O–H groups in total. The van der Waals surface area contributed by atoms with Gasteiger partial charge in [-0.25, -0.2) is 9.37 Å². The van der Waals surface area contributed by atoms with Crippen molar-refractivity contribution in [3.8, 4) is 11.6 Å². The highest BCUT2D eigenvalue weighted by Crippen LogP contribution is 2.26. The molecule has 0 saturated heterocycles. The lowest BCUT2D eigenvalue weighted by molar-refractivity contribution is 0.415. The smallest absolute Gasteiger partial charge is 0.256 e. The van der Waals surface area contributed by atoms with Gasteiger partial charge in [-0.15, -0.1) is 0 Å². The summed E-state index contributed by atoms with van der Waals surface area (Å²) in [5, 5.41) is 2.90. The average Bonchev–Trinajstić information content (AvgIpc) is 2.37. The summed E-state index contributed by atoms with van der Waals surface area (Å²) in [4.78, 5) is 3.93. The van der Waals surface area contributed by atoms with Crippen molar-refractivity contribution >= 4 is 0 Å². The number of para-hydroxylation sites is 1. The molecule has 3 nitrogen and oxygen atoms in total. The summed E-state index contributed by atoms with van der Waals surface area (Å²) in [6.45, 7) is 2.35. The molecule has 0 radical (unpaired) electrons. The van der Waals surface area contributed by atoms with Gasteiger partial charge in [-0.1, -0.05) is 18.2 Å². The van der Waals surface area contributed by atoms with Crippen LogP contribution >= 0.6 is 0 Å². The first kappa shape index (κ1) is 12.5. The van der Waals surface area contributed by atoms with Crippen molar-refractivity contribution in [2.45, 2.75) is 13.5 Å². The fraction of sp³-hybridized carbons (Fsp3) is 0.214. The second kappa shape index (κ2) is 5.60. The summed E-state index contributed by atoms with van der Waals surface area (Å²) >= 11 is 0. The van der Waals surface area contributed by atoms with Gasteiger partial charge in [0.2, 0.25) is 0 Å². The van der Waals surface area contributed by atoms with E-state index < -0.39 is 5.82 Å². The molecule has 1 heterocycles. The summed E-state index contributed by atoms with van der Waals surface area (Å²) in [5.41, 5.74) is 1.48. The van der Waals surface area contributed by atoms with E-state index in [1.165, 1.54) is 0 Å². The Labute approximate surface area is 106 Å². The predicted molar refractivity (Wildman–Crippen MR) is 68.2 cm³/mol. The normalized spacial score (nSPS) is 10.4. The highest BCUT2D eigenvalue weighted by atomic mass is 19.1. The first-order valence-electron chi connectivity index (χ1n) is 5.74. The van der Waals surface area contributed by atoms with E-state index in [1.807, 2.05) is 25.1 Å². The molecule has 4 heteroatoms. The molecule has 0 amide bonds. The van der Waals surface area contributed by atoms with Crippen molar-refractivity contribution in [1.29, 1.82) is 0 Å². The van der Waals surface area contributed by atoms with Crippen molar-refractivity contribution < 1.29 is 9.13 Å². The lowest BCUT2D eigenvalue weighted by Crippen LogP contribution is -2.08. The van der Waals surface area contributed by atoms with Gasteiger partial charge in [0.25, 0.3) is 5.88 Å². The first-order chi connectivity index (χ1) is 8.72. The highest BCUT2D eigenvalue weighted by Gasteiger charge is 2.11. The monoisotopic (exact) mass is 246 g/mol. The number of nitrogens with zero attached hydrogens (tertiary/aromatic N) is 1. The first-order valence-corrected chi connectivity index (χ1v) is 5.74. The largest absolute Gasteiger partial charge is 0.436 e. The molecule has 1 aromatic carbocycles. The summed E-state index contributed by atoms with van der Waals surface area (Å²) in [6, 6.07) is 9.09. The summed E-state index contributed by atoms with van der Waals surface area (Å²) in [5.74, 6) is 0.206. The molecule has 0 spiro atoms. The molecule has 0 atom stereocenters. The minimum Gasteiger partial charge on any atom is -0.436 e. The van der Waals surface area contributed by atoms with Crippen LogP contribution in [0.4, 0.5) is 4.39 Å². The number of pyridine rings is 1. The molecule has 18 heavy (non-hydrogen) atoms. The molecule has 2 aromatic rings. The summed E-state index contributed by atoms with van der Waals surface area (Å²) in [6.07, 6.45) is 1.54. The molecular weight excluding hydrogens is 231 g/mol. The highest BCUT2D eigenvalue weighted by molar-refractivity contribution is 5.36. The summed E-state index contributed by atoms with van der Waals surface area (Å²) in [7, 11) is 1.77. The third-order valence-electron chi connectivity index (χ3n) is 2.60. The van der Waals surface area contributed by atoms with E-state index in [0.29, 0.717) is 17.9 Å². The predicted octanol–water partition coefficient (Wildman–Crippen LogP) is 3.04. The van der Waals surface area contributed by atoms with Gasteiger partial charge < -0.3 is 10.1 Å². The van der Waals surface area contributed by atoms with Crippen LogP contribution < -0.4 is 10.1 Å². The Morgan fingerprint density at radius 2 is 2.06 bits per heavy atom. The standard InChI is InChI=1S/C14H15FN2O/c1-10-5-3-4-6-12(10)18-14-13(15)11(9-16-2)7-8-17-14/h3-8,16H,9H2,1-2H3. The molecule has 0 aliphatic heterocycles. The van der Waals surface area contributed by atoms with Gasteiger partial charge in [0.05, 0.1) is 0 Å². The number of aryl methyl sites for hydroxylation is 1. The van der Waals surface area contributed by atoms with E-state index in [1.54, 1.807) is 25.4 Å². The van der Waals surface area contributed by atoms with Crippen LogP contribution in [0.15, 0.2) is 36.5 Å². The number of benzene rings is 1. The molecule has 0 aliphatic rings. The van der Waals surface area contributed by atoms with Crippen LogP contribution in [0.2, 0.25) is 0 Å². The number of nitrogens with one attached hydrogen (secondary N) is 1. The van der Waals surface area contributed by atoms with Crippen LogP contribution in [0, 0.1) is 12.7 Å². The van der Waals surface area contributed by atoms with E-state index in [2.05, 4.69) is 10.3 Å². The molecule has 0 aliphatic carbocycles. The van der Waals surface area contributed by atoms with Crippen LogP contribution in [-0.2, 0) is 6.54 Å². The van der Waals surface area contributed by atoms with Crippen molar-refractivity contribution in [1.82, 2.24) is 10.3 Å². The second-order valence-corrected chi connectivity index (χ2v) is 3.99. The van der Waals surface area contributed by atoms with Gasteiger partial charge in [0.15, 0.2) is 5.82 Å². The lowest BCUT2D eigenvalue weighted by Gasteiger charge is -2.10. The Morgan fingerprint density at radius 3 is 2.78 bits per heavy atom. The van der Waals surface area contributed by atoms with Crippen molar-refractivity contribution in [2.24, 2.45) is 0 Å². The Bertz CT molecular complexity index is 543. The van der Waals surface area contributed by atoms with Crippen molar-refractivity contribution in [3.63, 3.8) is 0 Å². The zero-order chi connectivity index (χ0) is 13.0. The molecule has 1 aromatic heterocycles. The van der Waals surface area contributed by atoms with Crippen LogP contribution in [0.5, 0.6) is 11.6 Å². The molecule has 2 rings (SSSR count). The maximum absolute atomic E-state index is 14.0. The zero-order valence-corrected chi connectivity index (χ0v) is 10.4. The molecular formula is C14H15FN2O. The SMILES string of the molecule is CNCc1ccnc(Oc2ccccc2C)c1F. The fourth-order valence-electron chi connectivity index (χ4n) is 1.64.